The third-order valence-corrected chi connectivity index (χ3v) is 2.37. The Bertz CT molecular complexity index is 189. The molecule has 1 fully saturated rings. The second kappa shape index (κ2) is 5.32. The van der Waals surface area contributed by atoms with E-state index < -0.39 is 0 Å². The van der Waals surface area contributed by atoms with Crippen LogP contribution in [0, 0.1) is 5.92 Å². The van der Waals surface area contributed by atoms with Crippen molar-refractivity contribution in [3.05, 3.63) is 0 Å². The van der Waals surface area contributed by atoms with E-state index in [1.807, 2.05) is 0 Å². The molecule has 0 spiro atoms. The summed E-state index contributed by atoms with van der Waals surface area (Å²) in [6.45, 7) is 6.80. The maximum Gasteiger partial charge on any atom is 0.239 e. The van der Waals surface area contributed by atoms with E-state index in [1.54, 1.807) is 4.90 Å². The van der Waals surface area contributed by atoms with Gasteiger partial charge in [0.2, 0.25) is 5.91 Å². The van der Waals surface area contributed by atoms with Crippen LogP contribution in [0.5, 0.6) is 0 Å². The van der Waals surface area contributed by atoms with E-state index >= 15 is 0 Å². The molecule has 0 aromatic rings. The van der Waals surface area contributed by atoms with Gasteiger partial charge in [0, 0.05) is 13.1 Å². The molecule has 1 atom stereocenters. The Labute approximate surface area is 85.4 Å². The van der Waals surface area contributed by atoms with Crippen molar-refractivity contribution < 1.29 is 9.53 Å². The molecule has 2 N–H and O–H groups in total. The van der Waals surface area contributed by atoms with Crippen molar-refractivity contribution in [2.45, 2.75) is 26.3 Å². The number of hydrogen-bond acceptors (Lipinski definition) is 3. The summed E-state index contributed by atoms with van der Waals surface area (Å²) in [5.41, 5.74) is 5.82. The van der Waals surface area contributed by atoms with Crippen LogP contribution in [-0.4, -0.2) is 43.2 Å². The van der Waals surface area contributed by atoms with Crippen LogP contribution in [0.15, 0.2) is 0 Å². The molecule has 14 heavy (non-hydrogen) atoms. The standard InChI is InChI=1S/C10H20N2O2/c1-8(2)7-9(11)10(13)12-3-5-14-6-4-12/h8-9H,3-7,11H2,1-2H3/t9-/m1/s1. The molecular formula is C10H20N2O2. The van der Waals surface area contributed by atoms with Gasteiger partial charge >= 0.3 is 0 Å². The van der Waals surface area contributed by atoms with Crippen LogP contribution < -0.4 is 5.73 Å². The maximum absolute atomic E-state index is 11.8. The topological polar surface area (TPSA) is 55.6 Å². The molecule has 1 rings (SSSR count). The first-order valence-corrected chi connectivity index (χ1v) is 5.23. The lowest BCUT2D eigenvalue weighted by atomic mass is 10.0. The van der Waals surface area contributed by atoms with Crippen LogP contribution in [0.3, 0.4) is 0 Å². The highest BCUT2D eigenvalue weighted by atomic mass is 16.5. The number of ether oxygens (including phenoxy) is 1. The van der Waals surface area contributed by atoms with Crippen LogP contribution in [0.2, 0.25) is 0 Å². The van der Waals surface area contributed by atoms with E-state index in [9.17, 15) is 4.79 Å². The Morgan fingerprint density at radius 1 is 1.43 bits per heavy atom. The highest BCUT2D eigenvalue weighted by Crippen LogP contribution is 2.07. The lowest BCUT2D eigenvalue weighted by Crippen LogP contribution is -2.48. The van der Waals surface area contributed by atoms with Crippen LogP contribution in [0.1, 0.15) is 20.3 Å². The number of nitrogens with two attached hydrogens (primary N) is 1. The average Bonchev–Trinajstić information content (AvgIpc) is 2.17. The highest BCUT2D eigenvalue weighted by Gasteiger charge is 2.23. The summed E-state index contributed by atoms with van der Waals surface area (Å²) in [5, 5.41) is 0. The van der Waals surface area contributed by atoms with Crippen molar-refractivity contribution in [2.24, 2.45) is 11.7 Å². The summed E-state index contributed by atoms with van der Waals surface area (Å²) < 4.78 is 5.18. The van der Waals surface area contributed by atoms with Crippen LogP contribution in [-0.2, 0) is 9.53 Å². The van der Waals surface area contributed by atoms with E-state index in [0.717, 1.165) is 6.42 Å². The van der Waals surface area contributed by atoms with Crippen molar-refractivity contribution in [1.82, 2.24) is 4.90 Å². The van der Waals surface area contributed by atoms with Gasteiger partial charge in [0.05, 0.1) is 19.3 Å². The number of morpholine rings is 1. The van der Waals surface area contributed by atoms with Crippen molar-refractivity contribution in [1.29, 1.82) is 0 Å². The predicted molar refractivity (Wildman–Crippen MR) is 54.8 cm³/mol. The predicted octanol–water partition coefficient (Wildman–Crippen LogP) is 0.219. The lowest BCUT2D eigenvalue weighted by molar-refractivity contribution is -0.137. The molecule has 1 saturated heterocycles. The minimum atomic E-state index is -0.340. The Kier molecular flexibility index (Phi) is 4.35. The zero-order valence-corrected chi connectivity index (χ0v) is 9.03. The normalized spacial score (nSPS) is 19.9. The molecule has 4 nitrogen and oxygen atoms in total. The molecule has 0 radical (unpaired) electrons. The van der Waals surface area contributed by atoms with E-state index in [-0.39, 0.29) is 11.9 Å². The summed E-state index contributed by atoms with van der Waals surface area (Å²) in [4.78, 5) is 13.6. The molecule has 1 aliphatic heterocycles. The average molecular weight is 200 g/mol. The smallest absolute Gasteiger partial charge is 0.239 e. The summed E-state index contributed by atoms with van der Waals surface area (Å²) in [7, 11) is 0. The molecule has 82 valence electrons. The zero-order chi connectivity index (χ0) is 10.6. The van der Waals surface area contributed by atoms with Gasteiger partial charge in [-0.2, -0.15) is 0 Å². The number of rotatable bonds is 3. The van der Waals surface area contributed by atoms with Crippen LogP contribution in [0.4, 0.5) is 0 Å². The van der Waals surface area contributed by atoms with Gasteiger partial charge in [0.25, 0.3) is 0 Å². The fourth-order valence-corrected chi connectivity index (χ4v) is 1.63. The summed E-state index contributed by atoms with van der Waals surface area (Å²) in [6.07, 6.45) is 0.760. The molecule has 4 heteroatoms. The summed E-state index contributed by atoms with van der Waals surface area (Å²) in [6, 6.07) is -0.340. The van der Waals surface area contributed by atoms with E-state index in [1.165, 1.54) is 0 Å². The number of carbonyl (C=O) groups excluding carboxylic acids is 1. The first kappa shape index (κ1) is 11.5. The lowest BCUT2D eigenvalue weighted by Gasteiger charge is -2.29. The van der Waals surface area contributed by atoms with Crippen LogP contribution in [0.25, 0.3) is 0 Å². The van der Waals surface area contributed by atoms with Crippen molar-refractivity contribution in [3.8, 4) is 0 Å². The van der Waals surface area contributed by atoms with Gasteiger partial charge in [-0.1, -0.05) is 13.8 Å². The Hall–Kier alpha value is -0.610. The van der Waals surface area contributed by atoms with Crippen molar-refractivity contribution in [2.75, 3.05) is 26.3 Å². The third kappa shape index (κ3) is 3.27. The SMILES string of the molecule is CC(C)C[C@@H](N)C(=O)N1CCOCC1. The third-order valence-electron chi connectivity index (χ3n) is 2.37. The molecule has 1 aliphatic rings. The Morgan fingerprint density at radius 2 is 2.00 bits per heavy atom. The largest absolute Gasteiger partial charge is 0.378 e. The van der Waals surface area contributed by atoms with Crippen molar-refractivity contribution in [3.63, 3.8) is 0 Å². The van der Waals surface area contributed by atoms with Gasteiger partial charge in [-0.05, 0) is 12.3 Å². The first-order valence-electron chi connectivity index (χ1n) is 5.23. The molecule has 0 saturated carbocycles. The quantitative estimate of drug-likeness (QED) is 0.709. The molecule has 0 aromatic carbocycles. The van der Waals surface area contributed by atoms with E-state index in [2.05, 4.69) is 13.8 Å². The first-order chi connectivity index (χ1) is 6.61. The van der Waals surface area contributed by atoms with E-state index in [0.29, 0.717) is 32.2 Å². The van der Waals surface area contributed by atoms with Crippen molar-refractivity contribution >= 4 is 5.91 Å². The monoisotopic (exact) mass is 200 g/mol. The Morgan fingerprint density at radius 3 is 2.50 bits per heavy atom. The minimum absolute atomic E-state index is 0.0713. The number of carbonyl (C=O) groups is 1. The van der Waals surface area contributed by atoms with Gasteiger partial charge in [-0.15, -0.1) is 0 Å². The maximum atomic E-state index is 11.8. The zero-order valence-electron chi connectivity index (χ0n) is 9.03. The van der Waals surface area contributed by atoms with Gasteiger partial charge in [-0.3, -0.25) is 4.79 Å². The Balaban J connectivity index is 2.38. The van der Waals surface area contributed by atoms with Crippen LogP contribution >= 0.6 is 0 Å². The van der Waals surface area contributed by atoms with Gasteiger partial charge in [0.15, 0.2) is 0 Å². The van der Waals surface area contributed by atoms with Gasteiger partial charge < -0.3 is 15.4 Å². The van der Waals surface area contributed by atoms with Gasteiger partial charge in [-0.25, -0.2) is 0 Å². The van der Waals surface area contributed by atoms with Gasteiger partial charge in [0.1, 0.15) is 0 Å². The fraction of sp³-hybridized carbons (Fsp3) is 0.900. The fourth-order valence-electron chi connectivity index (χ4n) is 1.63. The van der Waals surface area contributed by atoms with E-state index in [4.69, 9.17) is 10.5 Å². The highest BCUT2D eigenvalue weighted by molar-refractivity contribution is 5.81. The number of nitrogens with zero attached hydrogens (tertiary/aromatic N) is 1. The summed E-state index contributed by atoms with van der Waals surface area (Å²) >= 11 is 0. The summed E-state index contributed by atoms with van der Waals surface area (Å²) in [5.74, 6) is 0.539. The second-order valence-electron chi connectivity index (χ2n) is 4.17. The molecular weight excluding hydrogens is 180 g/mol. The molecule has 0 aromatic heterocycles. The second-order valence-corrected chi connectivity index (χ2v) is 4.17. The molecule has 1 heterocycles. The molecule has 0 bridgehead atoms. The molecule has 0 aliphatic carbocycles. The minimum Gasteiger partial charge on any atom is -0.378 e. The number of amides is 1. The number of hydrogen-bond donors (Lipinski definition) is 1. The molecule has 0 unspecified atom stereocenters. The molecule has 1 amide bonds.